The summed E-state index contributed by atoms with van der Waals surface area (Å²) in [6.07, 6.45) is -7.32. The topological polar surface area (TPSA) is 12.9 Å². The van der Waals surface area contributed by atoms with E-state index in [0.717, 1.165) is 12.3 Å². The van der Waals surface area contributed by atoms with Crippen LogP contribution in [0.5, 0.6) is 0 Å². The fraction of sp³-hybridized carbons (Fsp3) is 0.615. The van der Waals surface area contributed by atoms with Crippen LogP contribution in [-0.4, -0.2) is 19.0 Å². The number of alkyl halides is 6. The lowest BCUT2D eigenvalue weighted by Gasteiger charge is -2.30. The molecule has 0 atom stereocenters. The fourth-order valence-corrected chi connectivity index (χ4v) is 2.71. The van der Waals surface area contributed by atoms with E-state index in [1.807, 2.05) is 0 Å². The summed E-state index contributed by atoms with van der Waals surface area (Å²) in [6.45, 7) is 0. The summed E-state index contributed by atoms with van der Waals surface area (Å²) in [4.78, 5) is 3.33. The number of pyridine rings is 1. The average Bonchev–Trinajstić information content (AvgIpc) is 2.36. The molecular weight excluding hydrogens is 295 g/mol. The quantitative estimate of drug-likeness (QED) is 0.569. The van der Waals surface area contributed by atoms with Gasteiger partial charge in [0, 0.05) is 6.20 Å². The lowest BCUT2D eigenvalue weighted by atomic mass is 9.75. The zero-order valence-electron chi connectivity index (χ0n) is 10.9. The highest BCUT2D eigenvalue weighted by molar-refractivity contribution is 6.33. The number of hydrogen-bond acceptors (Lipinski definition) is 1. The third-order valence-electron chi connectivity index (χ3n) is 3.89. The van der Waals surface area contributed by atoms with Gasteiger partial charge in [-0.2, -0.15) is 26.3 Å². The Kier molecular flexibility index (Phi) is 4.26. The maximum atomic E-state index is 12.6. The van der Waals surface area contributed by atoms with Crippen molar-refractivity contribution in [2.24, 2.45) is 5.92 Å². The van der Waals surface area contributed by atoms with Crippen LogP contribution in [0.2, 0.25) is 0 Å². The number of rotatable bonds is 1. The molecule has 0 unspecified atom stereocenters. The third kappa shape index (κ3) is 3.71. The van der Waals surface area contributed by atoms with E-state index in [2.05, 4.69) is 4.98 Å². The van der Waals surface area contributed by atoms with Crippen molar-refractivity contribution in [2.75, 3.05) is 0 Å². The second-order valence-corrected chi connectivity index (χ2v) is 5.29. The summed E-state index contributed by atoms with van der Waals surface area (Å²) in [7, 11) is 5.61. The van der Waals surface area contributed by atoms with Crippen LogP contribution in [0.3, 0.4) is 0 Å². The van der Waals surface area contributed by atoms with Gasteiger partial charge in [-0.15, -0.1) is 0 Å². The maximum absolute atomic E-state index is 12.6. The first-order valence-corrected chi connectivity index (χ1v) is 6.48. The van der Waals surface area contributed by atoms with Gasteiger partial charge in [0.2, 0.25) is 0 Å². The molecule has 0 aromatic carbocycles. The Morgan fingerprint density at radius 2 is 1.57 bits per heavy atom. The minimum Gasteiger partial charge on any atom is -0.252 e. The van der Waals surface area contributed by atoms with Gasteiger partial charge in [-0.3, -0.25) is 4.98 Å². The highest BCUT2D eigenvalue weighted by atomic mass is 19.4. The van der Waals surface area contributed by atoms with Crippen molar-refractivity contribution in [1.29, 1.82) is 0 Å². The van der Waals surface area contributed by atoms with Crippen molar-refractivity contribution in [3.8, 4) is 0 Å². The van der Waals surface area contributed by atoms with E-state index in [0.29, 0.717) is 5.56 Å². The van der Waals surface area contributed by atoms with Crippen LogP contribution in [-0.2, 0) is 6.18 Å². The Morgan fingerprint density at radius 1 is 1.00 bits per heavy atom. The molecule has 1 heterocycles. The molecule has 0 spiro atoms. The van der Waals surface area contributed by atoms with Crippen molar-refractivity contribution in [2.45, 2.75) is 44.0 Å². The highest BCUT2D eigenvalue weighted by Crippen LogP contribution is 2.42. The van der Waals surface area contributed by atoms with Crippen molar-refractivity contribution >= 4 is 13.3 Å². The Hall–Kier alpha value is -1.21. The third-order valence-corrected chi connectivity index (χ3v) is 3.89. The minimum atomic E-state index is -4.58. The normalized spacial score (nSPS) is 24.1. The fourth-order valence-electron chi connectivity index (χ4n) is 2.71. The van der Waals surface area contributed by atoms with Gasteiger partial charge in [0.15, 0.2) is 0 Å². The summed E-state index contributed by atoms with van der Waals surface area (Å²) in [5.74, 6) is -1.60. The molecule has 0 saturated heterocycles. The molecule has 0 amide bonds. The lowest BCUT2D eigenvalue weighted by molar-refractivity contribution is -0.182. The summed E-state index contributed by atoms with van der Waals surface area (Å²) < 4.78 is 75.2. The SMILES string of the molecule is [B]c1cc(C(F)(F)F)ncc1C1CCC(C(F)(F)F)CC1. The molecular formula is C13H12BF6N. The molecule has 1 aliphatic rings. The van der Waals surface area contributed by atoms with Gasteiger partial charge >= 0.3 is 12.4 Å². The molecule has 1 saturated carbocycles. The molecule has 1 aromatic heterocycles. The van der Waals surface area contributed by atoms with Crippen LogP contribution in [0, 0.1) is 5.92 Å². The van der Waals surface area contributed by atoms with E-state index in [-0.39, 0.29) is 37.1 Å². The van der Waals surface area contributed by atoms with Gasteiger partial charge in [-0.25, -0.2) is 0 Å². The average molecular weight is 307 g/mol. The van der Waals surface area contributed by atoms with Crippen LogP contribution >= 0.6 is 0 Å². The maximum Gasteiger partial charge on any atom is 0.433 e. The number of aromatic nitrogens is 1. The van der Waals surface area contributed by atoms with Crippen molar-refractivity contribution in [3.05, 3.63) is 23.5 Å². The summed E-state index contributed by atoms with van der Waals surface area (Å²) >= 11 is 0. The van der Waals surface area contributed by atoms with E-state index < -0.39 is 24.0 Å². The van der Waals surface area contributed by atoms with Crippen LogP contribution in [0.25, 0.3) is 0 Å². The molecule has 21 heavy (non-hydrogen) atoms. The van der Waals surface area contributed by atoms with Gasteiger partial charge in [-0.05, 0) is 43.2 Å². The second-order valence-electron chi connectivity index (χ2n) is 5.29. The summed E-state index contributed by atoms with van der Waals surface area (Å²) in [5.41, 5.74) is -0.746. The number of hydrogen-bond donors (Lipinski definition) is 0. The lowest BCUT2D eigenvalue weighted by Crippen LogP contribution is -2.29. The molecule has 2 radical (unpaired) electrons. The highest BCUT2D eigenvalue weighted by Gasteiger charge is 2.42. The molecule has 0 aliphatic heterocycles. The van der Waals surface area contributed by atoms with E-state index in [1.165, 1.54) is 0 Å². The first-order valence-electron chi connectivity index (χ1n) is 6.48. The smallest absolute Gasteiger partial charge is 0.252 e. The van der Waals surface area contributed by atoms with E-state index in [4.69, 9.17) is 7.85 Å². The molecule has 1 aliphatic carbocycles. The van der Waals surface area contributed by atoms with E-state index >= 15 is 0 Å². The molecule has 1 aromatic rings. The first-order chi connectivity index (χ1) is 9.59. The van der Waals surface area contributed by atoms with Gasteiger partial charge in [0.05, 0.1) is 5.92 Å². The summed E-state index contributed by atoms with van der Waals surface area (Å²) in [6, 6.07) is 0.741. The van der Waals surface area contributed by atoms with E-state index in [1.54, 1.807) is 0 Å². The summed E-state index contributed by atoms with van der Waals surface area (Å²) in [5, 5.41) is 0. The minimum absolute atomic E-state index is 0.0331. The zero-order valence-corrected chi connectivity index (χ0v) is 10.9. The van der Waals surface area contributed by atoms with Gasteiger partial charge in [-0.1, -0.05) is 5.46 Å². The first kappa shape index (κ1) is 16.2. The predicted octanol–water partition coefficient (Wildman–Crippen LogP) is 3.73. The largest absolute Gasteiger partial charge is 0.433 e. The van der Waals surface area contributed by atoms with Crippen molar-refractivity contribution < 1.29 is 26.3 Å². The number of halogens is 6. The zero-order chi connectivity index (χ0) is 15.8. The standard InChI is InChI=1S/C13H12BF6N/c14-10-5-11(13(18,19)20)21-6-9(10)7-1-3-8(4-2-7)12(15,16)17/h5-8H,1-4H2. The van der Waals surface area contributed by atoms with Crippen LogP contribution in [0.15, 0.2) is 12.3 Å². The second kappa shape index (κ2) is 5.53. The van der Waals surface area contributed by atoms with E-state index in [9.17, 15) is 26.3 Å². The van der Waals surface area contributed by atoms with Crippen molar-refractivity contribution in [1.82, 2.24) is 4.98 Å². The van der Waals surface area contributed by atoms with Gasteiger partial charge in [0.1, 0.15) is 13.5 Å². The van der Waals surface area contributed by atoms with Gasteiger partial charge in [0.25, 0.3) is 0 Å². The molecule has 8 heteroatoms. The van der Waals surface area contributed by atoms with Crippen LogP contribution in [0.4, 0.5) is 26.3 Å². The molecule has 1 nitrogen and oxygen atoms in total. The Morgan fingerprint density at radius 3 is 2.00 bits per heavy atom. The molecule has 0 bridgehead atoms. The van der Waals surface area contributed by atoms with Gasteiger partial charge < -0.3 is 0 Å². The molecule has 114 valence electrons. The van der Waals surface area contributed by atoms with Crippen LogP contribution < -0.4 is 5.46 Å². The molecule has 0 N–H and O–H groups in total. The number of nitrogens with zero attached hydrogens (tertiary/aromatic N) is 1. The van der Waals surface area contributed by atoms with Crippen molar-refractivity contribution in [3.63, 3.8) is 0 Å². The Labute approximate surface area is 119 Å². The molecule has 2 rings (SSSR count). The van der Waals surface area contributed by atoms with Crippen LogP contribution in [0.1, 0.15) is 42.9 Å². The Balaban J connectivity index is 2.11. The predicted molar refractivity (Wildman–Crippen MR) is 65.4 cm³/mol. The Bertz CT molecular complexity index is 502. The monoisotopic (exact) mass is 307 g/mol. The molecule has 1 fully saturated rings.